The molecule has 0 saturated heterocycles. The summed E-state index contributed by atoms with van der Waals surface area (Å²) in [5.74, 6) is 0.393. The van der Waals surface area contributed by atoms with E-state index in [-0.39, 0.29) is 11.6 Å². The van der Waals surface area contributed by atoms with Gasteiger partial charge in [-0.15, -0.1) is 11.8 Å². The van der Waals surface area contributed by atoms with Crippen LogP contribution in [0.15, 0.2) is 23.1 Å². The van der Waals surface area contributed by atoms with E-state index in [0.29, 0.717) is 28.5 Å². The van der Waals surface area contributed by atoms with Gasteiger partial charge in [0.15, 0.2) is 0 Å². The van der Waals surface area contributed by atoms with E-state index in [9.17, 15) is 8.78 Å². The quantitative estimate of drug-likeness (QED) is 0.896. The maximum absolute atomic E-state index is 13.7. The average molecular weight is 285 g/mol. The summed E-state index contributed by atoms with van der Waals surface area (Å²) >= 11 is 1.46. The second-order valence-corrected chi connectivity index (χ2v) is 6.60. The van der Waals surface area contributed by atoms with E-state index < -0.39 is 0 Å². The third-order valence-corrected chi connectivity index (χ3v) is 5.54. The van der Waals surface area contributed by atoms with Crippen LogP contribution >= 0.6 is 11.8 Å². The Labute approximate surface area is 118 Å². The molecular weight excluding hydrogens is 264 g/mol. The summed E-state index contributed by atoms with van der Waals surface area (Å²) in [5.41, 5.74) is 5.82. The molecule has 1 nitrogen and oxygen atoms in total. The van der Waals surface area contributed by atoms with Gasteiger partial charge >= 0.3 is 0 Å². The SMILES string of the molecule is CCC1CCC(CN)C(Sc2cc(F)ccc2F)C1. The Hall–Kier alpha value is -0.610. The zero-order valence-corrected chi connectivity index (χ0v) is 12.1. The van der Waals surface area contributed by atoms with Crippen LogP contribution in [0.3, 0.4) is 0 Å². The summed E-state index contributed by atoms with van der Waals surface area (Å²) in [5, 5.41) is 0.306. The number of hydrogen-bond donors (Lipinski definition) is 1. The van der Waals surface area contributed by atoms with E-state index in [2.05, 4.69) is 6.92 Å². The number of nitrogens with two attached hydrogens (primary N) is 1. The molecule has 1 fully saturated rings. The van der Waals surface area contributed by atoms with Crippen molar-refractivity contribution in [2.75, 3.05) is 6.54 Å². The van der Waals surface area contributed by atoms with Gasteiger partial charge in [0.25, 0.3) is 0 Å². The average Bonchev–Trinajstić information content (AvgIpc) is 2.42. The first-order valence-corrected chi connectivity index (χ1v) is 7.83. The Kier molecular flexibility index (Phi) is 5.22. The lowest BCUT2D eigenvalue weighted by Gasteiger charge is -2.35. The van der Waals surface area contributed by atoms with E-state index >= 15 is 0 Å². The topological polar surface area (TPSA) is 26.0 Å². The van der Waals surface area contributed by atoms with Crippen molar-refractivity contribution in [1.82, 2.24) is 0 Å². The van der Waals surface area contributed by atoms with Crippen LogP contribution in [0, 0.1) is 23.5 Å². The van der Waals surface area contributed by atoms with E-state index in [1.54, 1.807) is 0 Å². The molecule has 2 N–H and O–H groups in total. The second-order valence-electron chi connectivity index (χ2n) is 5.31. The van der Waals surface area contributed by atoms with Gasteiger partial charge in [-0.3, -0.25) is 0 Å². The lowest BCUT2D eigenvalue weighted by molar-refractivity contribution is 0.283. The molecule has 1 aliphatic carbocycles. The summed E-state index contributed by atoms with van der Waals surface area (Å²) in [6.07, 6.45) is 4.52. The molecule has 4 heteroatoms. The van der Waals surface area contributed by atoms with E-state index in [4.69, 9.17) is 5.73 Å². The van der Waals surface area contributed by atoms with Gasteiger partial charge in [0.05, 0.1) is 0 Å². The van der Waals surface area contributed by atoms with Crippen molar-refractivity contribution < 1.29 is 8.78 Å². The Morgan fingerprint density at radius 1 is 1.32 bits per heavy atom. The molecule has 0 heterocycles. The summed E-state index contributed by atoms with van der Waals surface area (Å²) in [4.78, 5) is 0.417. The van der Waals surface area contributed by atoms with E-state index in [0.717, 1.165) is 25.3 Å². The Morgan fingerprint density at radius 3 is 2.79 bits per heavy atom. The fourth-order valence-corrected chi connectivity index (χ4v) is 4.29. The van der Waals surface area contributed by atoms with Crippen LogP contribution in [0.4, 0.5) is 8.78 Å². The highest BCUT2D eigenvalue weighted by molar-refractivity contribution is 8.00. The van der Waals surface area contributed by atoms with Crippen molar-refractivity contribution in [2.24, 2.45) is 17.6 Å². The predicted octanol–water partition coefficient (Wildman–Crippen LogP) is 4.21. The molecule has 1 aliphatic rings. The van der Waals surface area contributed by atoms with Gasteiger partial charge in [-0.1, -0.05) is 19.8 Å². The third-order valence-electron chi connectivity index (χ3n) is 4.09. The highest BCUT2D eigenvalue weighted by atomic mass is 32.2. The minimum absolute atomic E-state index is 0.306. The van der Waals surface area contributed by atoms with Crippen LogP contribution in [-0.4, -0.2) is 11.8 Å². The van der Waals surface area contributed by atoms with Crippen molar-refractivity contribution in [3.63, 3.8) is 0 Å². The zero-order valence-electron chi connectivity index (χ0n) is 11.2. The van der Waals surface area contributed by atoms with Crippen LogP contribution < -0.4 is 5.73 Å². The maximum Gasteiger partial charge on any atom is 0.136 e. The normalized spacial score (nSPS) is 27.5. The van der Waals surface area contributed by atoms with Gasteiger partial charge in [0.1, 0.15) is 11.6 Å². The van der Waals surface area contributed by atoms with Crippen molar-refractivity contribution >= 4 is 11.8 Å². The first-order valence-electron chi connectivity index (χ1n) is 6.95. The largest absolute Gasteiger partial charge is 0.330 e. The van der Waals surface area contributed by atoms with Gasteiger partial charge in [0.2, 0.25) is 0 Å². The van der Waals surface area contributed by atoms with Gasteiger partial charge in [-0.25, -0.2) is 8.78 Å². The highest BCUT2D eigenvalue weighted by Crippen LogP contribution is 2.41. The van der Waals surface area contributed by atoms with E-state index in [1.807, 2.05) is 0 Å². The van der Waals surface area contributed by atoms with Crippen LogP contribution in [0.1, 0.15) is 32.6 Å². The van der Waals surface area contributed by atoms with Gasteiger partial charge < -0.3 is 5.73 Å². The molecule has 0 bridgehead atoms. The molecule has 0 radical (unpaired) electrons. The molecular formula is C15H21F2NS. The summed E-state index contributed by atoms with van der Waals surface area (Å²) in [6, 6.07) is 3.66. The van der Waals surface area contributed by atoms with Gasteiger partial charge in [0, 0.05) is 10.1 Å². The Balaban J connectivity index is 2.11. The van der Waals surface area contributed by atoms with Crippen molar-refractivity contribution in [3.05, 3.63) is 29.8 Å². The Bertz CT molecular complexity index is 425. The monoisotopic (exact) mass is 285 g/mol. The van der Waals surface area contributed by atoms with Crippen molar-refractivity contribution in [1.29, 1.82) is 0 Å². The fourth-order valence-electron chi connectivity index (χ4n) is 2.79. The molecule has 0 spiro atoms. The smallest absolute Gasteiger partial charge is 0.136 e. The summed E-state index contributed by atoms with van der Waals surface area (Å²) in [6.45, 7) is 2.82. The molecule has 3 unspecified atom stereocenters. The first-order chi connectivity index (χ1) is 9.13. The van der Waals surface area contributed by atoms with Crippen LogP contribution in [0.25, 0.3) is 0 Å². The molecule has 0 aromatic heterocycles. The zero-order chi connectivity index (χ0) is 13.8. The molecule has 3 atom stereocenters. The van der Waals surface area contributed by atoms with Gasteiger partial charge in [-0.05, 0) is 49.4 Å². The molecule has 1 saturated carbocycles. The summed E-state index contributed by atoms with van der Waals surface area (Å²) in [7, 11) is 0. The predicted molar refractivity (Wildman–Crippen MR) is 76.2 cm³/mol. The second kappa shape index (κ2) is 6.71. The number of halogens is 2. The lowest BCUT2D eigenvalue weighted by Crippen LogP contribution is -2.32. The number of rotatable bonds is 4. The lowest BCUT2D eigenvalue weighted by atomic mass is 9.80. The molecule has 2 rings (SSSR count). The highest BCUT2D eigenvalue weighted by Gasteiger charge is 2.30. The molecule has 1 aromatic rings. The number of hydrogen-bond acceptors (Lipinski definition) is 2. The van der Waals surface area contributed by atoms with Crippen LogP contribution in [0.2, 0.25) is 0 Å². The van der Waals surface area contributed by atoms with Crippen molar-refractivity contribution in [3.8, 4) is 0 Å². The first kappa shape index (κ1) is 14.8. The summed E-state index contributed by atoms with van der Waals surface area (Å²) < 4.78 is 26.9. The Morgan fingerprint density at radius 2 is 2.11 bits per heavy atom. The molecule has 0 amide bonds. The third kappa shape index (κ3) is 3.69. The van der Waals surface area contributed by atoms with Crippen LogP contribution in [-0.2, 0) is 0 Å². The molecule has 106 valence electrons. The number of thioether (sulfide) groups is 1. The van der Waals surface area contributed by atoms with Crippen molar-refractivity contribution in [2.45, 2.75) is 42.8 Å². The number of benzene rings is 1. The molecule has 1 aromatic carbocycles. The van der Waals surface area contributed by atoms with Gasteiger partial charge in [-0.2, -0.15) is 0 Å². The maximum atomic E-state index is 13.7. The minimum atomic E-state index is -0.379. The van der Waals surface area contributed by atoms with Crippen LogP contribution in [0.5, 0.6) is 0 Å². The molecule has 0 aliphatic heterocycles. The van der Waals surface area contributed by atoms with E-state index in [1.165, 1.54) is 30.3 Å². The standard InChI is InChI=1S/C15H21F2NS/c1-2-10-3-4-11(9-18)14(7-10)19-15-8-12(16)5-6-13(15)17/h5-6,8,10-11,14H,2-4,7,9,18H2,1H3. The fraction of sp³-hybridized carbons (Fsp3) is 0.600. The molecule has 19 heavy (non-hydrogen) atoms. The minimum Gasteiger partial charge on any atom is -0.330 e.